The molecule has 0 amide bonds. The van der Waals surface area contributed by atoms with E-state index in [1.165, 1.54) is 5.56 Å². The minimum absolute atomic E-state index is 0.161. The fourth-order valence-corrected chi connectivity index (χ4v) is 3.01. The summed E-state index contributed by atoms with van der Waals surface area (Å²) in [6.07, 6.45) is 5.48. The number of nitrogens with zero attached hydrogens (tertiary/aromatic N) is 1. The number of aliphatic hydroxyl groups is 1. The highest BCUT2D eigenvalue weighted by Gasteiger charge is 2.42. The quantitative estimate of drug-likeness (QED) is 0.878. The number of aromatic nitrogens is 1. The molecule has 105 valence electrons. The smallest absolute Gasteiger partial charge is 0.0795 e. The van der Waals surface area contributed by atoms with E-state index in [-0.39, 0.29) is 12.0 Å². The SMILES string of the molecule is [CH2]CCc1cc(C2CC(C)C(C)(O)C(N)C2)ccn1. The van der Waals surface area contributed by atoms with Gasteiger partial charge in [-0.1, -0.05) is 13.8 Å². The highest BCUT2D eigenvalue weighted by molar-refractivity contribution is 5.23. The Morgan fingerprint density at radius 2 is 2.26 bits per heavy atom. The molecule has 1 saturated carbocycles. The van der Waals surface area contributed by atoms with Crippen LogP contribution in [0.15, 0.2) is 18.3 Å². The summed E-state index contributed by atoms with van der Waals surface area (Å²) >= 11 is 0. The van der Waals surface area contributed by atoms with Crippen LogP contribution in [0.1, 0.15) is 50.3 Å². The van der Waals surface area contributed by atoms with E-state index in [0.29, 0.717) is 5.92 Å². The number of nitrogens with two attached hydrogens (primary N) is 1. The first-order chi connectivity index (χ1) is 8.95. The van der Waals surface area contributed by atoms with Crippen molar-refractivity contribution in [3.63, 3.8) is 0 Å². The van der Waals surface area contributed by atoms with Gasteiger partial charge in [0.2, 0.25) is 0 Å². The highest BCUT2D eigenvalue weighted by atomic mass is 16.3. The second kappa shape index (κ2) is 5.59. The molecule has 1 aromatic rings. The molecule has 4 atom stereocenters. The van der Waals surface area contributed by atoms with Gasteiger partial charge in [-0.15, -0.1) is 0 Å². The molecule has 0 aliphatic heterocycles. The van der Waals surface area contributed by atoms with Crippen molar-refractivity contribution in [1.29, 1.82) is 0 Å². The molecule has 3 N–H and O–H groups in total. The molecular formula is C16H25N2O. The summed E-state index contributed by atoms with van der Waals surface area (Å²) in [7, 11) is 0. The topological polar surface area (TPSA) is 59.1 Å². The van der Waals surface area contributed by atoms with E-state index in [4.69, 9.17) is 5.73 Å². The molecule has 4 unspecified atom stereocenters. The Balaban J connectivity index is 2.17. The zero-order valence-corrected chi connectivity index (χ0v) is 12.0. The van der Waals surface area contributed by atoms with E-state index in [1.807, 2.05) is 13.1 Å². The lowest BCUT2D eigenvalue weighted by atomic mass is 9.68. The summed E-state index contributed by atoms with van der Waals surface area (Å²) < 4.78 is 0. The molecule has 1 heterocycles. The maximum Gasteiger partial charge on any atom is 0.0795 e. The minimum atomic E-state index is -0.750. The Bertz CT molecular complexity index is 417. The standard InChI is InChI=1S/C16H25N2O/c1-4-5-14-9-12(6-7-18-14)13-8-11(2)16(3,19)15(17)10-13/h6-7,9,11,13,15,19H,1,4-5,8,10,17H2,2-3H3. The molecule has 0 spiro atoms. The molecule has 3 heteroatoms. The first-order valence-electron chi connectivity index (χ1n) is 7.17. The average Bonchev–Trinajstić information content (AvgIpc) is 2.37. The first-order valence-corrected chi connectivity index (χ1v) is 7.17. The van der Waals surface area contributed by atoms with Gasteiger partial charge in [-0.05, 0) is 62.1 Å². The zero-order valence-electron chi connectivity index (χ0n) is 12.0. The van der Waals surface area contributed by atoms with Crippen LogP contribution in [-0.4, -0.2) is 21.7 Å². The van der Waals surface area contributed by atoms with Crippen molar-refractivity contribution in [2.24, 2.45) is 11.7 Å². The van der Waals surface area contributed by atoms with Gasteiger partial charge >= 0.3 is 0 Å². The molecule has 1 aromatic heterocycles. The Morgan fingerprint density at radius 3 is 2.89 bits per heavy atom. The predicted molar refractivity (Wildman–Crippen MR) is 77.7 cm³/mol. The van der Waals surface area contributed by atoms with E-state index in [2.05, 4.69) is 31.0 Å². The van der Waals surface area contributed by atoms with Gasteiger partial charge in [-0.25, -0.2) is 0 Å². The van der Waals surface area contributed by atoms with Crippen molar-refractivity contribution in [3.05, 3.63) is 36.5 Å². The Labute approximate surface area is 116 Å². The van der Waals surface area contributed by atoms with Gasteiger partial charge in [0.25, 0.3) is 0 Å². The van der Waals surface area contributed by atoms with Crippen LogP contribution in [0.5, 0.6) is 0 Å². The predicted octanol–water partition coefficient (Wildman–Crippen LogP) is 2.44. The van der Waals surface area contributed by atoms with Crippen molar-refractivity contribution in [2.75, 3.05) is 0 Å². The minimum Gasteiger partial charge on any atom is -0.388 e. The summed E-state index contributed by atoms with van der Waals surface area (Å²) in [5, 5.41) is 10.4. The molecular weight excluding hydrogens is 236 g/mol. The van der Waals surface area contributed by atoms with Gasteiger partial charge < -0.3 is 10.8 Å². The second-order valence-electron chi connectivity index (χ2n) is 6.09. The van der Waals surface area contributed by atoms with E-state index < -0.39 is 5.60 Å². The molecule has 19 heavy (non-hydrogen) atoms. The van der Waals surface area contributed by atoms with Crippen molar-refractivity contribution in [1.82, 2.24) is 4.98 Å². The van der Waals surface area contributed by atoms with Crippen molar-refractivity contribution >= 4 is 0 Å². The first kappa shape index (κ1) is 14.5. The number of hydrogen-bond acceptors (Lipinski definition) is 3. The zero-order chi connectivity index (χ0) is 14.0. The molecule has 1 radical (unpaired) electrons. The van der Waals surface area contributed by atoms with Gasteiger partial charge in [0, 0.05) is 17.9 Å². The third-order valence-electron chi connectivity index (χ3n) is 4.67. The third-order valence-corrected chi connectivity index (χ3v) is 4.67. The monoisotopic (exact) mass is 261 g/mol. The molecule has 2 rings (SSSR count). The van der Waals surface area contributed by atoms with Crippen molar-refractivity contribution in [3.8, 4) is 0 Å². The summed E-state index contributed by atoms with van der Waals surface area (Å²) in [6, 6.07) is 4.09. The molecule has 1 aliphatic carbocycles. The van der Waals surface area contributed by atoms with Crippen LogP contribution in [0.25, 0.3) is 0 Å². The third kappa shape index (κ3) is 2.98. The van der Waals surface area contributed by atoms with Crippen LogP contribution in [0, 0.1) is 12.8 Å². The molecule has 3 nitrogen and oxygen atoms in total. The Morgan fingerprint density at radius 1 is 1.53 bits per heavy atom. The van der Waals surface area contributed by atoms with Crippen LogP contribution in [-0.2, 0) is 6.42 Å². The number of rotatable bonds is 3. The summed E-state index contributed by atoms with van der Waals surface area (Å²) in [4.78, 5) is 4.37. The maximum absolute atomic E-state index is 10.4. The average molecular weight is 261 g/mol. The molecule has 0 aromatic carbocycles. The largest absolute Gasteiger partial charge is 0.388 e. The van der Waals surface area contributed by atoms with E-state index in [9.17, 15) is 5.11 Å². The lowest BCUT2D eigenvalue weighted by molar-refractivity contribution is -0.0463. The highest BCUT2D eigenvalue weighted by Crippen LogP contribution is 2.40. The summed E-state index contributed by atoms with van der Waals surface area (Å²) in [5.74, 6) is 0.641. The fraction of sp³-hybridized carbons (Fsp3) is 0.625. The Kier molecular flexibility index (Phi) is 4.26. The number of hydrogen-bond donors (Lipinski definition) is 2. The lowest BCUT2D eigenvalue weighted by Gasteiger charge is -2.44. The Hall–Kier alpha value is -0.930. The number of aryl methyl sites for hydroxylation is 1. The van der Waals surface area contributed by atoms with Crippen molar-refractivity contribution in [2.45, 2.75) is 57.1 Å². The van der Waals surface area contributed by atoms with E-state index in [1.54, 1.807) is 0 Å². The van der Waals surface area contributed by atoms with Crippen LogP contribution >= 0.6 is 0 Å². The molecule has 0 saturated heterocycles. The van der Waals surface area contributed by atoms with E-state index >= 15 is 0 Å². The summed E-state index contributed by atoms with van der Waals surface area (Å²) in [5.41, 5.74) is 7.81. The molecule has 1 aliphatic rings. The van der Waals surface area contributed by atoms with Crippen LogP contribution in [0.2, 0.25) is 0 Å². The van der Waals surface area contributed by atoms with E-state index in [0.717, 1.165) is 31.4 Å². The van der Waals surface area contributed by atoms with Crippen molar-refractivity contribution < 1.29 is 5.11 Å². The van der Waals surface area contributed by atoms with Crippen LogP contribution in [0.3, 0.4) is 0 Å². The summed E-state index contributed by atoms with van der Waals surface area (Å²) in [6.45, 7) is 7.82. The van der Waals surface area contributed by atoms with Gasteiger partial charge in [-0.3, -0.25) is 4.98 Å². The van der Waals surface area contributed by atoms with Crippen LogP contribution < -0.4 is 5.73 Å². The maximum atomic E-state index is 10.4. The normalized spacial score (nSPS) is 35.3. The molecule has 1 fully saturated rings. The lowest BCUT2D eigenvalue weighted by Crippen LogP contribution is -2.54. The number of pyridine rings is 1. The molecule has 0 bridgehead atoms. The van der Waals surface area contributed by atoms with Crippen LogP contribution in [0.4, 0.5) is 0 Å². The second-order valence-corrected chi connectivity index (χ2v) is 6.09. The van der Waals surface area contributed by atoms with Gasteiger partial charge in [0.15, 0.2) is 0 Å². The van der Waals surface area contributed by atoms with Gasteiger partial charge in [0.1, 0.15) is 0 Å². The van der Waals surface area contributed by atoms with Gasteiger partial charge in [-0.2, -0.15) is 0 Å². The fourth-order valence-electron chi connectivity index (χ4n) is 3.01. The van der Waals surface area contributed by atoms with Gasteiger partial charge in [0.05, 0.1) is 5.60 Å².